The van der Waals surface area contributed by atoms with Gasteiger partial charge >= 0.3 is 0 Å². The molecule has 1 saturated heterocycles. The predicted octanol–water partition coefficient (Wildman–Crippen LogP) is 4.18. The van der Waals surface area contributed by atoms with Crippen LogP contribution in [0, 0.1) is 26.6 Å². The number of amides is 1. The summed E-state index contributed by atoms with van der Waals surface area (Å²) in [5, 5.41) is 8.54. The first-order valence-electron chi connectivity index (χ1n) is 11.6. The van der Waals surface area contributed by atoms with E-state index in [2.05, 4.69) is 20.2 Å². The van der Waals surface area contributed by atoms with Crippen molar-refractivity contribution in [1.82, 2.24) is 29.6 Å². The zero-order valence-electron chi connectivity index (χ0n) is 19.6. The van der Waals surface area contributed by atoms with E-state index in [-0.39, 0.29) is 17.6 Å². The van der Waals surface area contributed by atoms with Gasteiger partial charge in [-0.05, 0) is 57.7 Å². The molecule has 4 heterocycles. The molecule has 1 aliphatic heterocycles. The van der Waals surface area contributed by atoms with Crippen LogP contribution < -0.4 is 0 Å². The van der Waals surface area contributed by atoms with Gasteiger partial charge < -0.3 is 9.42 Å². The molecule has 34 heavy (non-hydrogen) atoms. The summed E-state index contributed by atoms with van der Waals surface area (Å²) in [7, 11) is 0. The summed E-state index contributed by atoms with van der Waals surface area (Å²) in [6.45, 7) is 7.21. The molecule has 0 radical (unpaired) electrons. The maximum absolute atomic E-state index is 13.5. The molecule has 1 amide bonds. The fraction of sp³-hybridized carbons (Fsp3) is 0.400. The van der Waals surface area contributed by atoms with E-state index in [0.717, 1.165) is 41.1 Å². The van der Waals surface area contributed by atoms with Crippen molar-refractivity contribution in [2.24, 2.45) is 0 Å². The van der Waals surface area contributed by atoms with Crippen molar-refractivity contribution >= 4 is 11.6 Å². The Bertz CT molecular complexity index is 1360. The number of hydrogen-bond donors (Lipinski definition) is 0. The van der Waals surface area contributed by atoms with Gasteiger partial charge in [-0.15, -0.1) is 0 Å². The van der Waals surface area contributed by atoms with Crippen molar-refractivity contribution in [1.29, 1.82) is 0 Å². The highest BCUT2D eigenvalue weighted by atomic mass is 19.1. The number of benzene rings is 1. The number of fused-ring (bicyclic) bond motifs is 1. The Kier molecular flexibility index (Phi) is 5.85. The molecular formula is C25H27FN6O2. The molecule has 1 aliphatic rings. The summed E-state index contributed by atoms with van der Waals surface area (Å²) in [5.41, 5.74) is 5.35. The maximum atomic E-state index is 13.5. The van der Waals surface area contributed by atoms with Crippen molar-refractivity contribution in [3.05, 3.63) is 64.7 Å². The van der Waals surface area contributed by atoms with Crippen LogP contribution >= 0.6 is 0 Å². The molecule has 1 aromatic carbocycles. The number of aryl methyl sites for hydroxylation is 3. The minimum absolute atomic E-state index is 0.0268. The quantitative estimate of drug-likeness (QED) is 0.442. The van der Waals surface area contributed by atoms with Crippen LogP contribution in [0.25, 0.3) is 17.0 Å². The molecule has 0 bridgehead atoms. The summed E-state index contributed by atoms with van der Waals surface area (Å²) >= 11 is 0. The van der Waals surface area contributed by atoms with Gasteiger partial charge in [0.25, 0.3) is 0 Å². The van der Waals surface area contributed by atoms with Crippen LogP contribution in [0.5, 0.6) is 0 Å². The molecule has 4 aromatic rings. The number of likely N-dealkylation sites (tertiary alicyclic amines) is 1. The molecule has 3 aromatic heterocycles. The van der Waals surface area contributed by atoms with Crippen LogP contribution in [0.15, 0.2) is 34.9 Å². The van der Waals surface area contributed by atoms with Crippen molar-refractivity contribution < 1.29 is 13.7 Å². The highest BCUT2D eigenvalue weighted by molar-refractivity contribution is 5.76. The first kappa shape index (κ1) is 22.2. The van der Waals surface area contributed by atoms with Gasteiger partial charge in [0.2, 0.25) is 17.6 Å². The molecule has 0 saturated carbocycles. The smallest absolute Gasteiger partial charge is 0.231 e. The minimum Gasteiger partial charge on any atom is -0.342 e. The van der Waals surface area contributed by atoms with E-state index in [4.69, 9.17) is 4.52 Å². The minimum atomic E-state index is -0.346. The fourth-order valence-corrected chi connectivity index (χ4v) is 4.74. The van der Waals surface area contributed by atoms with Crippen LogP contribution in [0.2, 0.25) is 0 Å². The Morgan fingerprint density at radius 3 is 2.88 bits per heavy atom. The van der Waals surface area contributed by atoms with E-state index in [1.165, 1.54) is 12.1 Å². The van der Waals surface area contributed by atoms with Crippen LogP contribution in [-0.2, 0) is 11.2 Å². The third-order valence-electron chi connectivity index (χ3n) is 6.52. The van der Waals surface area contributed by atoms with Gasteiger partial charge in [0, 0.05) is 42.5 Å². The number of piperidine rings is 1. The van der Waals surface area contributed by atoms with E-state index < -0.39 is 0 Å². The third kappa shape index (κ3) is 4.30. The summed E-state index contributed by atoms with van der Waals surface area (Å²) < 4.78 is 20.9. The zero-order chi connectivity index (χ0) is 23.8. The van der Waals surface area contributed by atoms with E-state index in [1.807, 2.05) is 36.3 Å². The van der Waals surface area contributed by atoms with Crippen molar-refractivity contribution in [3.8, 4) is 11.4 Å². The Morgan fingerprint density at radius 2 is 2.06 bits per heavy atom. The van der Waals surface area contributed by atoms with Gasteiger partial charge in [0.05, 0.1) is 11.6 Å². The van der Waals surface area contributed by atoms with Gasteiger partial charge in [0.15, 0.2) is 5.65 Å². The highest BCUT2D eigenvalue weighted by Gasteiger charge is 2.29. The molecule has 1 atom stereocenters. The molecule has 0 spiro atoms. The van der Waals surface area contributed by atoms with Crippen LogP contribution in [0.1, 0.15) is 53.7 Å². The largest absolute Gasteiger partial charge is 0.342 e. The molecule has 0 aliphatic carbocycles. The molecule has 5 rings (SSSR count). The van der Waals surface area contributed by atoms with Gasteiger partial charge in [-0.3, -0.25) is 4.79 Å². The van der Waals surface area contributed by atoms with E-state index in [1.54, 1.807) is 12.1 Å². The molecule has 1 unspecified atom stereocenters. The Balaban J connectivity index is 1.26. The second-order valence-corrected chi connectivity index (χ2v) is 8.96. The second-order valence-electron chi connectivity index (χ2n) is 8.96. The first-order chi connectivity index (χ1) is 16.4. The summed E-state index contributed by atoms with van der Waals surface area (Å²) in [4.78, 5) is 24.1. The number of aromatic nitrogens is 5. The van der Waals surface area contributed by atoms with Crippen molar-refractivity contribution in [2.75, 3.05) is 13.1 Å². The number of rotatable bonds is 5. The van der Waals surface area contributed by atoms with Crippen LogP contribution in [-0.4, -0.2) is 48.6 Å². The topological polar surface area (TPSA) is 89.4 Å². The number of halogens is 1. The van der Waals surface area contributed by atoms with Crippen molar-refractivity contribution in [3.63, 3.8) is 0 Å². The SMILES string of the molecule is Cc1cc2nc(C)c(CCC(=O)N3CCCC(c4nc(-c5cccc(F)c5)no4)C3)c(C)n2n1. The Morgan fingerprint density at radius 1 is 1.21 bits per heavy atom. The average molecular weight is 463 g/mol. The molecule has 176 valence electrons. The Labute approximate surface area is 196 Å². The van der Waals surface area contributed by atoms with Gasteiger partial charge in [-0.2, -0.15) is 10.1 Å². The van der Waals surface area contributed by atoms with Crippen LogP contribution in [0.3, 0.4) is 0 Å². The summed E-state index contributed by atoms with van der Waals surface area (Å²) in [6, 6.07) is 8.08. The molecule has 1 fully saturated rings. The number of nitrogens with zero attached hydrogens (tertiary/aromatic N) is 6. The van der Waals surface area contributed by atoms with E-state index in [0.29, 0.717) is 43.2 Å². The lowest BCUT2D eigenvalue weighted by atomic mass is 9.97. The van der Waals surface area contributed by atoms with Crippen molar-refractivity contribution in [2.45, 2.75) is 52.4 Å². The lowest BCUT2D eigenvalue weighted by Crippen LogP contribution is -2.39. The lowest BCUT2D eigenvalue weighted by Gasteiger charge is -2.31. The highest BCUT2D eigenvalue weighted by Crippen LogP contribution is 2.28. The second kappa shape index (κ2) is 8.96. The van der Waals surface area contributed by atoms with Gasteiger partial charge in [0.1, 0.15) is 5.82 Å². The number of hydrogen-bond acceptors (Lipinski definition) is 6. The normalized spacial score (nSPS) is 16.4. The predicted molar refractivity (Wildman–Crippen MR) is 124 cm³/mol. The summed E-state index contributed by atoms with van der Waals surface area (Å²) in [6.07, 6.45) is 2.75. The number of carbonyl (C=O) groups excluding carboxylic acids is 1. The monoisotopic (exact) mass is 462 g/mol. The first-order valence-corrected chi connectivity index (χ1v) is 11.6. The van der Waals surface area contributed by atoms with Crippen LogP contribution in [0.4, 0.5) is 4.39 Å². The summed E-state index contributed by atoms with van der Waals surface area (Å²) in [5.74, 6) is 0.583. The lowest BCUT2D eigenvalue weighted by molar-refractivity contribution is -0.132. The molecule has 8 nitrogen and oxygen atoms in total. The molecule has 9 heteroatoms. The third-order valence-corrected chi connectivity index (χ3v) is 6.52. The standard InChI is InChI=1S/C25H27FN6O2/c1-15-12-22-27-16(2)21(17(3)32(22)29-15)9-10-23(33)31-11-5-7-19(14-31)25-28-24(30-34-25)18-6-4-8-20(26)13-18/h4,6,8,12-13,19H,5,7,9-11,14H2,1-3H3. The Hall–Kier alpha value is -3.62. The van der Waals surface area contributed by atoms with E-state index in [9.17, 15) is 9.18 Å². The van der Waals surface area contributed by atoms with Gasteiger partial charge in [-0.1, -0.05) is 17.3 Å². The average Bonchev–Trinajstić information content (AvgIpc) is 3.46. The van der Waals surface area contributed by atoms with Gasteiger partial charge in [-0.25, -0.2) is 13.9 Å². The maximum Gasteiger partial charge on any atom is 0.231 e. The van der Waals surface area contributed by atoms with E-state index >= 15 is 0 Å². The zero-order valence-corrected chi connectivity index (χ0v) is 19.6. The fourth-order valence-electron chi connectivity index (χ4n) is 4.74. The molecule has 0 N–H and O–H groups in total. The number of carbonyl (C=O) groups is 1. The molecular weight excluding hydrogens is 435 g/mol.